The van der Waals surface area contributed by atoms with Crippen molar-refractivity contribution in [2.24, 2.45) is 11.5 Å². The molecular weight excluding hydrogens is 226 g/mol. The van der Waals surface area contributed by atoms with Crippen molar-refractivity contribution in [2.75, 3.05) is 0 Å². The molecule has 0 saturated heterocycles. The largest absolute Gasteiger partial charge is 0.364 e. The molecule has 90 valence electrons. The van der Waals surface area contributed by atoms with E-state index in [0.29, 0.717) is 11.1 Å². The third kappa shape index (κ3) is 7.20. The van der Waals surface area contributed by atoms with Gasteiger partial charge in [-0.05, 0) is 25.5 Å². The summed E-state index contributed by atoms with van der Waals surface area (Å²) in [4.78, 5) is 14.1. The SMILES string of the molecule is CCCC(C)N.NC(=O)c1ccc(Cl)cn1. The molecule has 0 aliphatic heterocycles. The van der Waals surface area contributed by atoms with Crippen molar-refractivity contribution < 1.29 is 4.79 Å². The number of rotatable bonds is 3. The zero-order valence-electron chi connectivity index (χ0n) is 9.61. The van der Waals surface area contributed by atoms with Crippen LogP contribution in [0.5, 0.6) is 0 Å². The number of nitrogens with zero attached hydrogens (tertiary/aromatic N) is 1. The van der Waals surface area contributed by atoms with Gasteiger partial charge in [0.15, 0.2) is 0 Å². The van der Waals surface area contributed by atoms with E-state index in [0.717, 1.165) is 6.42 Å². The number of hydrogen-bond donors (Lipinski definition) is 2. The van der Waals surface area contributed by atoms with Gasteiger partial charge in [-0.25, -0.2) is 4.98 Å². The molecule has 4 nitrogen and oxygen atoms in total. The number of halogens is 1. The number of pyridine rings is 1. The monoisotopic (exact) mass is 243 g/mol. The predicted octanol–water partition coefficient (Wildman–Crippen LogP) is 1.97. The third-order valence-electron chi connectivity index (χ3n) is 1.72. The van der Waals surface area contributed by atoms with Gasteiger partial charge in [0.25, 0.3) is 5.91 Å². The summed E-state index contributed by atoms with van der Waals surface area (Å²) in [5, 5.41) is 0.491. The molecule has 1 rings (SSSR count). The summed E-state index contributed by atoms with van der Waals surface area (Å²) in [7, 11) is 0. The summed E-state index contributed by atoms with van der Waals surface area (Å²) < 4.78 is 0. The number of primary amides is 1. The highest BCUT2D eigenvalue weighted by Gasteiger charge is 1.98. The second-order valence-corrected chi connectivity index (χ2v) is 3.93. The normalized spacial score (nSPS) is 11.2. The molecule has 4 N–H and O–H groups in total. The molecule has 5 heteroatoms. The lowest BCUT2D eigenvalue weighted by atomic mass is 10.2. The number of hydrogen-bond acceptors (Lipinski definition) is 3. The Bertz CT molecular complexity index is 312. The zero-order valence-corrected chi connectivity index (χ0v) is 10.4. The van der Waals surface area contributed by atoms with E-state index in [2.05, 4.69) is 11.9 Å². The molecule has 1 heterocycles. The lowest BCUT2D eigenvalue weighted by Crippen LogP contribution is -2.13. The molecule has 1 unspecified atom stereocenters. The van der Waals surface area contributed by atoms with Crippen LogP contribution in [0.3, 0.4) is 0 Å². The number of carbonyl (C=O) groups excluding carboxylic acids is 1. The Kier molecular flexibility index (Phi) is 7.50. The highest BCUT2D eigenvalue weighted by Crippen LogP contribution is 2.04. The summed E-state index contributed by atoms with van der Waals surface area (Å²) >= 11 is 5.50. The fourth-order valence-electron chi connectivity index (χ4n) is 0.977. The zero-order chi connectivity index (χ0) is 12.6. The van der Waals surface area contributed by atoms with Crippen LogP contribution in [0.15, 0.2) is 18.3 Å². The van der Waals surface area contributed by atoms with Gasteiger partial charge in [-0.1, -0.05) is 24.9 Å². The van der Waals surface area contributed by atoms with E-state index in [1.807, 2.05) is 6.92 Å². The Balaban J connectivity index is 0.000000325. The van der Waals surface area contributed by atoms with E-state index >= 15 is 0 Å². The fraction of sp³-hybridized carbons (Fsp3) is 0.455. The second kappa shape index (κ2) is 8.07. The van der Waals surface area contributed by atoms with Crippen LogP contribution in [0.2, 0.25) is 5.02 Å². The van der Waals surface area contributed by atoms with Gasteiger partial charge in [-0.2, -0.15) is 0 Å². The first-order valence-corrected chi connectivity index (χ1v) is 5.52. The molecule has 0 fully saturated rings. The Morgan fingerprint density at radius 3 is 2.44 bits per heavy atom. The van der Waals surface area contributed by atoms with Crippen LogP contribution in [0, 0.1) is 0 Å². The van der Waals surface area contributed by atoms with Crippen LogP contribution in [0.25, 0.3) is 0 Å². The quantitative estimate of drug-likeness (QED) is 0.852. The van der Waals surface area contributed by atoms with Crippen LogP contribution in [-0.2, 0) is 0 Å². The van der Waals surface area contributed by atoms with Gasteiger partial charge in [0.1, 0.15) is 5.69 Å². The van der Waals surface area contributed by atoms with Crippen molar-refractivity contribution in [3.63, 3.8) is 0 Å². The van der Waals surface area contributed by atoms with E-state index < -0.39 is 5.91 Å². The highest BCUT2D eigenvalue weighted by atomic mass is 35.5. The lowest BCUT2D eigenvalue weighted by molar-refractivity contribution is 0.0995. The van der Waals surface area contributed by atoms with Crippen LogP contribution < -0.4 is 11.5 Å². The number of nitrogens with two attached hydrogens (primary N) is 2. The summed E-state index contributed by atoms with van der Waals surface area (Å²) in [5.74, 6) is -0.545. The fourth-order valence-corrected chi connectivity index (χ4v) is 1.09. The average Bonchev–Trinajstić information content (AvgIpc) is 2.19. The van der Waals surface area contributed by atoms with Crippen molar-refractivity contribution in [1.82, 2.24) is 4.98 Å². The Hall–Kier alpha value is -1.13. The minimum absolute atomic E-state index is 0.226. The first-order chi connectivity index (χ1) is 7.47. The van der Waals surface area contributed by atoms with Crippen LogP contribution in [0.4, 0.5) is 0 Å². The van der Waals surface area contributed by atoms with E-state index in [9.17, 15) is 4.79 Å². The summed E-state index contributed by atoms with van der Waals surface area (Å²) in [5.41, 5.74) is 10.5. The van der Waals surface area contributed by atoms with Crippen molar-refractivity contribution in [3.8, 4) is 0 Å². The van der Waals surface area contributed by atoms with E-state index in [1.54, 1.807) is 6.07 Å². The van der Waals surface area contributed by atoms with Gasteiger partial charge in [-0.15, -0.1) is 0 Å². The molecule has 0 aliphatic rings. The van der Waals surface area contributed by atoms with Crippen molar-refractivity contribution in [3.05, 3.63) is 29.0 Å². The molecule has 1 aromatic rings. The van der Waals surface area contributed by atoms with Gasteiger partial charge in [0, 0.05) is 12.2 Å². The van der Waals surface area contributed by atoms with Crippen molar-refractivity contribution in [1.29, 1.82) is 0 Å². The number of aromatic nitrogens is 1. The van der Waals surface area contributed by atoms with Crippen LogP contribution in [-0.4, -0.2) is 16.9 Å². The summed E-state index contributed by atoms with van der Waals surface area (Å²) in [6, 6.07) is 3.44. The molecule has 0 radical (unpaired) electrons. The molecule has 0 aromatic carbocycles. The molecule has 1 atom stereocenters. The summed E-state index contributed by atoms with van der Waals surface area (Å²) in [6.45, 7) is 4.17. The first kappa shape index (κ1) is 14.9. The van der Waals surface area contributed by atoms with Gasteiger partial charge >= 0.3 is 0 Å². The standard InChI is InChI=1S/C6H5ClN2O.C5H13N/c7-4-1-2-5(6(8)10)9-3-4;1-3-4-5(2)6/h1-3H,(H2,8,10);5H,3-4,6H2,1-2H3. The maximum Gasteiger partial charge on any atom is 0.267 e. The van der Waals surface area contributed by atoms with E-state index in [1.165, 1.54) is 18.7 Å². The minimum Gasteiger partial charge on any atom is -0.364 e. The molecule has 0 saturated carbocycles. The molecular formula is C11H18ClN3O. The molecule has 0 bridgehead atoms. The van der Waals surface area contributed by atoms with Gasteiger partial charge < -0.3 is 11.5 Å². The maximum absolute atomic E-state index is 10.4. The number of amides is 1. The molecule has 0 aliphatic carbocycles. The first-order valence-electron chi connectivity index (χ1n) is 5.14. The second-order valence-electron chi connectivity index (χ2n) is 3.49. The van der Waals surface area contributed by atoms with E-state index in [-0.39, 0.29) is 5.69 Å². The third-order valence-corrected chi connectivity index (χ3v) is 1.95. The van der Waals surface area contributed by atoms with Crippen LogP contribution in [0.1, 0.15) is 37.2 Å². The van der Waals surface area contributed by atoms with Crippen molar-refractivity contribution in [2.45, 2.75) is 32.7 Å². The maximum atomic E-state index is 10.4. The van der Waals surface area contributed by atoms with Gasteiger partial charge in [-0.3, -0.25) is 4.79 Å². The van der Waals surface area contributed by atoms with Crippen molar-refractivity contribution >= 4 is 17.5 Å². The smallest absolute Gasteiger partial charge is 0.267 e. The Labute approximate surface area is 101 Å². The Morgan fingerprint density at radius 2 is 2.19 bits per heavy atom. The molecule has 1 amide bonds. The summed E-state index contributed by atoms with van der Waals surface area (Å²) in [6.07, 6.45) is 3.74. The Morgan fingerprint density at radius 1 is 1.56 bits per heavy atom. The van der Waals surface area contributed by atoms with Crippen LogP contribution >= 0.6 is 11.6 Å². The molecule has 16 heavy (non-hydrogen) atoms. The predicted molar refractivity (Wildman–Crippen MR) is 66.3 cm³/mol. The lowest BCUT2D eigenvalue weighted by Gasteiger charge is -1.96. The molecule has 1 aromatic heterocycles. The van der Waals surface area contributed by atoms with Gasteiger partial charge in [0.05, 0.1) is 5.02 Å². The molecule has 0 spiro atoms. The topological polar surface area (TPSA) is 82.0 Å². The highest BCUT2D eigenvalue weighted by molar-refractivity contribution is 6.30. The van der Waals surface area contributed by atoms with E-state index in [4.69, 9.17) is 23.1 Å². The number of carbonyl (C=O) groups is 1. The van der Waals surface area contributed by atoms with Gasteiger partial charge in [0.2, 0.25) is 0 Å². The average molecular weight is 244 g/mol. The minimum atomic E-state index is -0.545.